The number of nitrogens with one attached hydrogen (secondary N) is 1. The highest BCUT2D eigenvalue weighted by atomic mass is 15.2. The van der Waals surface area contributed by atoms with E-state index in [1.165, 1.54) is 38.9 Å². The summed E-state index contributed by atoms with van der Waals surface area (Å²) in [6.45, 7) is 15.5. The van der Waals surface area contributed by atoms with Gasteiger partial charge in [-0.3, -0.25) is 4.90 Å². The minimum absolute atomic E-state index is 0.334. The van der Waals surface area contributed by atoms with Gasteiger partial charge in [0.1, 0.15) is 0 Å². The molecular formula is C17H35N3. The van der Waals surface area contributed by atoms with Crippen molar-refractivity contribution in [3.8, 4) is 0 Å². The van der Waals surface area contributed by atoms with Gasteiger partial charge in [0.2, 0.25) is 0 Å². The molecule has 0 spiro atoms. The first-order valence-corrected chi connectivity index (χ1v) is 8.48. The zero-order valence-electron chi connectivity index (χ0n) is 14.4. The van der Waals surface area contributed by atoms with Crippen LogP contribution in [0.4, 0.5) is 0 Å². The van der Waals surface area contributed by atoms with Gasteiger partial charge in [0, 0.05) is 43.3 Å². The third-order valence-electron chi connectivity index (χ3n) is 5.50. The van der Waals surface area contributed by atoms with E-state index < -0.39 is 0 Å². The molecule has 2 saturated heterocycles. The van der Waals surface area contributed by atoms with Crippen molar-refractivity contribution >= 4 is 0 Å². The standard InChI is InChI=1S/C17H35N3/c1-13-12-19(6)14(2)11-16(13)18-15-7-9-20(10-8-15)17(3,4)5/h13-16,18H,7-12H2,1-6H3. The van der Waals surface area contributed by atoms with E-state index in [1.54, 1.807) is 0 Å². The molecule has 2 aliphatic heterocycles. The molecule has 0 aromatic heterocycles. The lowest BCUT2D eigenvalue weighted by Gasteiger charge is -2.45. The molecule has 2 rings (SSSR count). The molecule has 3 nitrogen and oxygen atoms in total. The molecule has 20 heavy (non-hydrogen) atoms. The van der Waals surface area contributed by atoms with Crippen molar-refractivity contribution < 1.29 is 0 Å². The van der Waals surface area contributed by atoms with Gasteiger partial charge in [0.25, 0.3) is 0 Å². The second-order valence-corrected chi connectivity index (χ2v) is 8.21. The van der Waals surface area contributed by atoms with Crippen LogP contribution in [0.2, 0.25) is 0 Å². The Morgan fingerprint density at radius 2 is 1.65 bits per heavy atom. The van der Waals surface area contributed by atoms with E-state index in [0.717, 1.165) is 18.0 Å². The first-order chi connectivity index (χ1) is 9.27. The molecule has 2 aliphatic rings. The largest absolute Gasteiger partial charge is 0.311 e. The summed E-state index contributed by atoms with van der Waals surface area (Å²) in [6, 6.07) is 2.17. The molecule has 0 aromatic rings. The van der Waals surface area contributed by atoms with Gasteiger partial charge in [-0.25, -0.2) is 0 Å². The number of likely N-dealkylation sites (tertiary alicyclic amines) is 2. The minimum atomic E-state index is 0.334. The second-order valence-electron chi connectivity index (χ2n) is 8.21. The Labute approximate surface area is 126 Å². The summed E-state index contributed by atoms with van der Waals surface area (Å²) in [5.41, 5.74) is 0.334. The number of piperidine rings is 2. The van der Waals surface area contributed by atoms with E-state index in [1.807, 2.05) is 0 Å². The van der Waals surface area contributed by atoms with Gasteiger partial charge in [0.15, 0.2) is 0 Å². The highest BCUT2D eigenvalue weighted by Crippen LogP contribution is 2.24. The molecule has 1 N–H and O–H groups in total. The smallest absolute Gasteiger partial charge is 0.0125 e. The summed E-state index contributed by atoms with van der Waals surface area (Å²) in [5, 5.41) is 3.98. The molecule has 2 fully saturated rings. The second kappa shape index (κ2) is 6.33. The summed E-state index contributed by atoms with van der Waals surface area (Å²) in [6.07, 6.45) is 3.92. The van der Waals surface area contributed by atoms with Crippen molar-refractivity contribution in [1.82, 2.24) is 15.1 Å². The fourth-order valence-corrected chi connectivity index (χ4v) is 3.79. The Bertz CT molecular complexity index is 302. The average Bonchev–Trinajstić information content (AvgIpc) is 2.35. The van der Waals surface area contributed by atoms with Gasteiger partial charge in [0.05, 0.1) is 0 Å². The Morgan fingerprint density at radius 3 is 2.20 bits per heavy atom. The molecule has 2 heterocycles. The first-order valence-electron chi connectivity index (χ1n) is 8.48. The Balaban J connectivity index is 1.81. The van der Waals surface area contributed by atoms with Crippen LogP contribution < -0.4 is 5.32 Å². The molecule has 0 bridgehead atoms. The van der Waals surface area contributed by atoms with Crippen molar-refractivity contribution in [3.05, 3.63) is 0 Å². The van der Waals surface area contributed by atoms with Crippen LogP contribution in [0.15, 0.2) is 0 Å². The predicted molar refractivity (Wildman–Crippen MR) is 87.1 cm³/mol. The molecule has 0 aliphatic carbocycles. The summed E-state index contributed by atoms with van der Waals surface area (Å²) in [4.78, 5) is 5.14. The molecule has 0 radical (unpaired) electrons. The summed E-state index contributed by atoms with van der Waals surface area (Å²) in [7, 11) is 2.26. The summed E-state index contributed by atoms with van der Waals surface area (Å²) >= 11 is 0. The quantitative estimate of drug-likeness (QED) is 0.839. The van der Waals surface area contributed by atoms with Crippen LogP contribution in [0.25, 0.3) is 0 Å². The summed E-state index contributed by atoms with van der Waals surface area (Å²) in [5.74, 6) is 0.775. The normalized spacial score (nSPS) is 35.4. The van der Waals surface area contributed by atoms with Gasteiger partial charge >= 0.3 is 0 Å². The van der Waals surface area contributed by atoms with Crippen LogP contribution in [0.5, 0.6) is 0 Å². The van der Waals surface area contributed by atoms with Gasteiger partial charge < -0.3 is 10.2 Å². The van der Waals surface area contributed by atoms with E-state index in [-0.39, 0.29) is 0 Å². The van der Waals surface area contributed by atoms with Gasteiger partial charge in [-0.1, -0.05) is 6.92 Å². The van der Waals surface area contributed by atoms with Crippen molar-refractivity contribution in [3.63, 3.8) is 0 Å². The monoisotopic (exact) mass is 281 g/mol. The van der Waals surface area contributed by atoms with Crippen LogP contribution in [0, 0.1) is 5.92 Å². The van der Waals surface area contributed by atoms with Crippen molar-refractivity contribution in [2.75, 3.05) is 26.7 Å². The van der Waals surface area contributed by atoms with E-state index in [0.29, 0.717) is 11.6 Å². The zero-order chi connectivity index (χ0) is 14.9. The topological polar surface area (TPSA) is 18.5 Å². The van der Waals surface area contributed by atoms with E-state index in [9.17, 15) is 0 Å². The maximum atomic E-state index is 3.98. The highest BCUT2D eigenvalue weighted by molar-refractivity contribution is 4.91. The molecule has 118 valence electrons. The third kappa shape index (κ3) is 3.96. The Hall–Kier alpha value is -0.120. The molecule has 0 saturated carbocycles. The molecule has 3 heteroatoms. The number of rotatable bonds is 2. The van der Waals surface area contributed by atoms with Crippen LogP contribution in [-0.2, 0) is 0 Å². The van der Waals surface area contributed by atoms with Gasteiger partial charge in [-0.2, -0.15) is 0 Å². The molecule has 0 amide bonds. The highest BCUT2D eigenvalue weighted by Gasteiger charge is 2.32. The number of hydrogen-bond donors (Lipinski definition) is 1. The lowest BCUT2D eigenvalue weighted by atomic mass is 9.88. The first kappa shape index (κ1) is 16.3. The Morgan fingerprint density at radius 1 is 1.05 bits per heavy atom. The van der Waals surface area contributed by atoms with Crippen molar-refractivity contribution in [2.45, 2.75) is 77.5 Å². The molecule has 3 unspecified atom stereocenters. The van der Waals surface area contributed by atoms with E-state index in [2.05, 4.69) is 56.8 Å². The van der Waals surface area contributed by atoms with Crippen LogP contribution >= 0.6 is 0 Å². The Kier molecular flexibility index (Phi) is 5.14. The van der Waals surface area contributed by atoms with Crippen LogP contribution in [0.3, 0.4) is 0 Å². The SMILES string of the molecule is CC1CN(C)C(C)CC1NC1CCN(C(C)(C)C)CC1. The molecule has 3 atom stereocenters. The third-order valence-corrected chi connectivity index (χ3v) is 5.50. The lowest BCUT2D eigenvalue weighted by molar-refractivity contribution is 0.0759. The molecular weight excluding hydrogens is 246 g/mol. The zero-order valence-corrected chi connectivity index (χ0v) is 14.4. The number of nitrogens with zero attached hydrogens (tertiary/aromatic N) is 2. The van der Waals surface area contributed by atoms with E-state index in [4.69, 9.17) is 0 Å². The van der Waals surface area contributed by atoms with Gasteiger partial charge in [-0.05, 0) is 59.9 Å². The van der Waals surface area contributed by atoms with Crippen LogP contribution in [-0.4, -0.2) is 60.1 Å². The van der Waals surface area contributed by atoms with Crippen LogP contribution in [0.1, 0.15) is 53.9 Å². The lowest BCUT2D eigenvalue weighted by Crippen LogP contribution is -2.56. The van der Waals surface area contributed by atoms with Gasteiger partial charge in [-0.15, -0.1) is 0 Å². The fraction of sp³-hybridized carbons (Fsp3) is 1.00. The minimum Gasteiger partial charge on any atom is -0.311 e. The van der Waals surface area contributed by atoms with Crippen molar-refractivity contribution in [1.29, 1.82) is 0 Å². The predicted octanol–water partition coefficient (Wildman–Crippen LogP) is 2.57. The maximum absolute atomic E-state index is 3.98. The maximum Gasteiger partial charge on any atom is 0.0125 e. The molecule has 0 aromatic carbocycles. The summed E-state index contributed by atoms with van der Waals surface area (Å²) < 4.78 is 0. The fourth-order valence-electron chi connectivity index (χ4n) is 3.79. The average molecular weight is 281 g/mol. The van der Waals surface area contributed by atoms with E-state index >= 15 is 0 Å². The number of hydrogen-bond acceptors (Lipinski definition) is 3. The van der Waals surface area contributed by atoms with Crippen molar-refractivity contribution in [2.24, 2.45) is 5.92 Å².